The van der Waals surface area contributed by atoms with E-state index in [1.165, 1.54) is 11.3 Å². The van der Waals surface area contributed by atoms with Crippen LogP contribution in [0, 0.1) is 0 Å². The first-order valence-corrected chi connectivity index (χ1v) is 6.79. The van der Waals surface area contributed by atoms with Crippen LogP contribution in [0.3, 0.4) is 0 Å². The molecule has 0 radical (unpaired) electrons. The maximum atomic E-state index is 5.95. The number of halogens is 2. The first-order valence-electron chi connectivity index (χ1n) is 5.15. The van der Waals surface area contributed by atoms with Gasteiger partial charge in [-0.25, -0.2) is 9.97 Å². The smallest absolute Gasteiger partial charge is 0.180 e. The molecule has 0 saturated carbocycles. The Hall–Kier alpha value is -1.30. The predicted octanol–water partition coefficient (Wildman–Crippen LogP) is 3.50. The Morgan fingerprint density at radius 1 is 1.22 bits per heavy atom. The lowest BCUT2D eigenvalue weighted by molar-refractivity contribution is 1.00. The summed E-state index contributed by atoms with van der Waals surface area (Å²) in [6.45, 7) is 0. The van der Waals surface area contributed by atoms with Crippen molar-refractivity contribution in [3.8, 4) is 0 Å². The minimum atomic E-state index is 0.500. The molecule has 0 spiro atoms. The number of rotatable bonds is 2. The van der Waals surface area contributed by atoms with E-state index in [4.69, 9.17) is 28.9 Å². The minimum absolute atomic E-state index is 0.500. The number of benzene rings is 1. The van der Waals surface area contributed by atoms with Crippen LogP contribution in [-0.2, 0) is 6.42 Å². The second kappa shape index (κ2) is 4.42. The fourth-order valence-electron chi connectivity index (χ4n) is 1.72. The van der Waals surface area contributed by atoms with Crippen molar-refractivity contribution in [1.29, 1.82) is 0 Å². The van der Waals surface area contributed by atoms with E-state index in [0.29, 0.717) is 21.6 Å². The van der Waals surface area contributed by atoms with Crippen molar-refractivity contribution in [2.24, 2.45) is 0 Å². The second-order valence-corrected chi connectivity index (χ2v) is 5.52. The van der Waals surface area contributed by atoms with Gasteiger partial charge in [0, 0.05) is 11.8 Å². The summed E-state index contributed by atoms with van der Waals surface area (Å²) in [5.74, 6) is 0.814. The van der Waals surface area contributed by atoms with Crippen molar-refractivity contribution in [1.82, 2.24) is 15.0 Å². The molecule has 18 heavy (non-hydrogen) atoms. The fraction of sp³-hybridized carbons (Fsp3) is 0.0909. The topological polar surface area (TPSA) is 67.6 Å². The number of hydrogen-bond donors (Lipinski definition) is 2. The molecule has 0 aliphatic carbocycles. The number of fused-ring (bicyclic) bond motifs is 1. The van der Waals surface area contributed by atoms with Crippen molar-refractivity contribution in [2.45, 2.75) is 6.42 Å². The Morgan fingerprint density at radius 3 is 2.72 bits per heavy atom. The molecule has 4 nitrogen and oxygen atoms in total. The Kier molecular flexibility index (Phi) is 2.89. The number of aromatic nitrogens is 3. The van der Waals surface area contributed by atoms with Gasteiger partial charge in [-0.1, -0.05) is 23.2 Å². The molecule has 3 aromatic rings. The number of thiazole rings is 1. The van der Waals surface area contributed by atoms with Gasteiger partial charge < -0.3 is 10.7 Å². The van der Waals surface area contributed by atoms with Gasteiger partial charge in [0.05, 0.1) is 26.8 Å². The van der Waals surface area contributed by atoms with E-state index >= 15 is 0 Å². The van der Waals surface area contributed by atoms with Crippen LogP contribution in [0.5, 0.6) is 0 Å². The van der Waals surface area contributed by atoms with Crippen molar-refractivity contribution in [3.63, 3.8) is 0 Å². The molecule has 0 aliphatic rings. The number of nitrogens with two attached hydrogens (primary N) is 1. The zero-order valence-electron chi connectivity index (χ0n) is 9.08. The van der Waals surface area contributed by atoms with Gasteiger partial charge in [-0.2, -0.15) is 0 Å². The molecule has 7 heteroatoms. The van der Waals surface area contributed by atoms with E-state index in [1.807, 2.05) is 5.38 Å². The van der Waals surface area contributed by atoms with E-state index in [9.17, 15) is 0 Å². The number of nitrogens with zero attached hydrogens (tertiary/aromatic N) is 2. The summed E-state index contributed by atoms with van der Waals surface area (Å²) in [5, 5.41) is 3.49. The number of anilines is 1. The Morgan fingerprint density at radius 2 is 2.00 bits per heavy atom. The summed E-state index contributed by atoms with van der Waals surface area (Å²) in [4.78, 5) is 11.8. The maximum absolute atomic E-state index is 5.95. The van der Waals surface area contributed by atoms with Gasteiger partial charge in [-0.05, 0) is 12.1 Å². The van der Waals surface area contributed by atoms with Crippen molar-refractivity contribution in [2.75, 3.05) is 5.73 Å². The van der Waals surface area contributed by atoms with Gasteiger partial charge in [0.15, 0.2) is 5.13 Å². The zero-order chi connectivity index (χ0) is 12.7. The van der Waals surface area contributed by atoms with Gasteiger partial charge in [0.1, 0.15) is 5.82 Å². The largest absolute Gasteiger partial charge is 0.375 e. The van der Waals surface area contributed by atoms with Crippen LogP contribution < -0.4 is 5.73 Å². The molecule has 0 unspecified atom stereocenters. The van der Waals surface area contributed by atoms with Crippen molar-refractivity contribution >= 4 is 50.7 Å². The lowest BCUT2D eigenvalue weighted by Gasteiger charge is -1.93. The maximum Gasteiger partial charge on any atom is 0.180 e. The van der Waals surface area contributed by atoms with Crippen LogP contribution in [0.4, 0.5) is 5.13 Å². The Bertz CT molecular complexity index is 680. The fourth-order valence-corrected chi connectivity index (χ4v) is 2.60. The van der Waals surface area contributed by atoms with Gasteiger partial charge >= 0.3 is 0 Å². The highest BCUT2D eigenvalue weighted by Gasteiger charge is 2.08. The predicted molar refractivity (Wildman–Crippen MR) is 75.4 cm³/mol. The molecule has 0 atom stereocenters. The highest BCUT2D eigenvalue weighted by atomic mass is 35.5. The molecule has 92 valence electrons. The molecule has 2 aromatic heterocycles. The highest BCUT2D eigenvalue weighted by molar-refractivity contribution is 7.13. The molecule has 0 saturated heterocycles. The molecule has 0 amide bonds. The monoisotopic (exact) mass is 298 g/mol. The normalized spacial score (nSPS) is 11.2. The minimum Gasteiger partial charge on any atom is -0.375 e. The molecule has 3 N–H and O–H groups in total. The summed E-state index contributed by atoms with van der Waals surface area (Å²) < 4.78 is 0. The lowest BCUT2D eigenvalue weighted by Crippen LogP contribution is -1.91. The summed E-state index contributed by atoms with van der Waals surface area (Å²) in [6.07, 6.45) is 0.609. The van der Waals surface area contributed by atoms with Crippen LogP contribution in [0.25, 0.3) is 11.0 Å². The van der Waals surface area contributed by atoms with E-state index < -0.39 is 0 Å². The average molecular weight is 299 g/mol. The zero-order valence-corrected chi connectivity index (χ0v) is 11.4. The number of imidazole rings is 1. The van der Waals surface area contributed by atoms with E-state index in [-0.39, 0.29) is 0 Å². The molecule has 2 heterocycles. The van der Waals surface area contributed by atoms with Crippen molar-refractivity contribution < 1.29 is 0 Å². The van der Waals surface area contributed by atoms with E-state index in [0.717, 1.165) is 22.6 Å². The first-order chi connectivity index (χ1) is 8.61. The van der Waals surface area contributed by atoms with Crippen LogP contribution >= 0.6 is 34.5 Å². The molecule has 0 aliphatic heterocycles. The second-order valence-electron chi connectivity index (χ2n) is 3.82. The first kappa shape index (κ1) is 11.8. The van der Waals surface area contributed by atoms with Crippen molar-refractivity contribution in [3.05, 3.63) is 39.1 Å². The molecular weight excluding hydrogens is 291 g/mol. The van der Waals surface area contributed by atoms with E-state index in [1.54, 1.807) is 12.1 Å². The Balaban J connectivity index is 1.98. The van der Waals surface area contributed by atoms with Crippen LogP contribution in [0.2, 0.25) is 10.0 Å². The molecule has 3 rings (SSSR count). The van der Waals surface area contributed by atoms with Gasteiger partial charge in [0.2, 0.25) is 0 Å². The number of nitrogen functional groups attached to an aromatic ring is 1. The third-order valence-electron chi connectivity index (χ3n) is 2.49. The molecule has 1 aromatic carbocycles. The SMILES string of the molecule is Nc1nc(Cc2nc3cc(Cl)c(Cl)cc3[nH]2)cs1. The summed E-state index contributed by atoms with van der Waals surface area (Å²) in [7, 11) is 0. The van der Waals surface area contributed by atoms with Gasteiger partial charge in [-0.15, -0.1) is 11.3 Å². The summed E-state index contributed by atoms with van der Waals surface area (Å²) in [5.41, 5.74) is 8.14. The third-order valence-corrected chi connectivity index (χ3v) is 3.94. The molecule has 0 fully saturated rings. The van der Waals surface area contributed by atoms with E-state index in [2.05, 4.69) is 15.0 Å². The van der Waals surface area contributed by atoms with Crippen LogP contribution in [0.1, 0.15) is 11.5 Å². The Labute approximate surface area is 117 Å². The number of nitrogens with one attached hydrogen (secondary N) is 1. The third kappa shape index (κ3) is 2.16. The van der Waals surface area contributed by atoms with Gasteiger partial charge in [0.25, 0.3) is 0 Å². The molecular formula is C11H8Cl2N4S. The number of H-pyrrole nitrogens is 1. The average Bonchev–Trinajstić information content (AvgIpc) is 2.86. The quantitative estimate of drug-likeness (QED) is 0.761. The summed E-state index contributed by atoms with van der Waals surface area (Å²) in [6, 6.07) is 3.51. The number of aromatic amines is 1. The standard InChI is InChI=1S/C11H8Cl2N4S/c12-6-2-8-9(3-7(6)13)17-10(16-8)1-5-4-18-11(14)15-5/h2-4H,1H2,(H2,14,15)(H,16,17). The lowest BCUT2D eigenvalue weighted by atomic mass is 10.3. The summed E-state index contributed by atoms with van der Waals surface area (Å²) >= 11 is 13.3. The van der Waals surface area contributed by atoms with Crippen LogP contribution in [-0.4, -0.2) is 15.0 Å². The highest BCUT2D eigenvalue weighted by Crippen LogP contribution is 2.27. The molecule has 0 bridgehead atoms. The number of hydrogen-bond acceptors (Lipinski definition) is 4. The van der Waals surface area contributed by atoms with Gasteiger partial charge in [-0.3, -0.25) is 0 Å². The van der Waals surface area contributed by atoms with Crippen LogP contribution in [0.15, 0.2) is 17.5 Å².